The first-order valence-corrected chi connectivity index (χ1v) is 11.3. The van der Waals surface area contributed by atoms with Crippen molar-refractivity contribution >= 4 is 22.7 Å². The summed E-state index contributed by atoms with van der Waals surface area (Å²) in [4.78, 5) is 31.2. The monoisotopic (exact) mass is 422 g/mol. The van der Waals surface area contributed by atoms with Crippen molar-refractivity contribution in [2.45, 2.75) is 63.5 Å². The summed E-state index contributed by atoms with van der Waals surface area (Å²) in [6.45, 7) is 1.01. The zero-order valence-corrected chi connectivity index (χ0v) is 17.5. The molecule has 2 saturated carbocycles. The van der Waals surface area contributed by atoms with Crippen LogP contribution >= 0.6 is 0 Å². The first-order valence-electron chi connectivity index (χ1n) is 11.3. The van der Waals surface area contributed by atoms with Crippen LogP contribution in [0.25, 0.3) is 10.9 Å². The van der Waals surface area contributed by atoms with Gasteiger partial charge in [-0.15, -0.1) is 0 Å². The Balaban J connectivity index is 1.31. The molecule has 1 aromatic carbocycles. The molecule has 162 valence electrons. The zero-order valence-electron chi connectivity index (χ0n) is 17.5. The topological polar surface area (TPSA) is 89.0 Å². The summed E-state index contributed by atoms with van der Waals surface area (Å²) in [6.07, 6.45) is 6.02. The Hall–Kier alpha value is -2.88. The van der Waals surface area contributed by atoms with E-state index in [1.54, 1.807) is 6.07 Å². The van der Waals surface area contributed by atoms with Gasteiger partial charge in [-0.2, -0.15) is 5.26 Å². The summed E-state index contributed by atoms with van der Waals surface area (Å²) in [5.74, 6) is -0.494. The van der Waals surface area contributed by atoms with Gasteiger partial charge in [0.2, 0.25) is 11.8 Å². The number of nitrogens with one attached hydrogen (secondary N) is 2. The molecule has 1 aliphatic heterocycles. The molecule has 31 heavy (non-hydrogen) atoms. The van der Waals surface area contributed by atoms with Gasteiger partial charge < -0.3 is 15.2 Å². The Bertz CT molecular complexity index is 1080. The van der Waals surface area contributed by atoms with Gasteiger partial charge in [0.25, 0.3) is 0 Å². The van der Waals surface area contributed by atoms with E-state index < -0.39 is 5.54 Å². The average Bonchev–Trinajstić information content (AvgIpc) is 3.43. The number of carbonyl (C=O) groups excluding carboxylic acids is 2. The van der Waals surface area contributed by atoms with Crippen LogP contribution in [-0.2, 0) is 22.6 Å². The molecule has 2 aromatic rings. The van der Waals surface area contributed by atoms with Gasteiger partial charge in [-0.3, -0.25) is 9.59 Å². The molecule has 6 nitrogen and oxygen atoms in total. The maximum Gasteiger partial charge on any atom is 0.226 e. The van der Waals surface area contributed by atoms with Crippen LogP contribution in [0, 0.1) is 29.0 Å². The first-order chi connectivity index (χ1) is 15.0. The van der Waals surface area contributed by atoms with Crippen molar-refractivity contribution in [3.63, 3.8) is 0 Å². The lowest BCUT2D eigenvalue weighted by Crippen LogP contribution is -2.44. The van der Waals surface area contributed by atoms with Crippen LogP contribution in [0.5, 0.6) is 0 Å². The van der Waals surface area contributed by atoms with Crippen molar-refractivity contribution in [3.05, 3.63) is 35.3 Å². The number of carbonyl (C=O) groups is 2. The standard InChI is InChI=1S/C24H27FN4O2/c25-18-6-3-7-20-22(18)17-13-29(11-8-19(17)27-20)23(31)16-5-2-1-4-15(16)12-21(30)28-24(14-26)9-10-24/h3,6-7,15-16,27H,1-2,4-5,8-13H2,(H,28,30)/t15-,16-/m1/s1. The van der Waals surface area contributed by atoms with E-state index in [1.165, 1.54) is 6.07 Å². The van der Waals surface area contributed by atoms with Crippen molar-refractivity contribution in [2.75, 3.05) is 6.54 Å². The van der Waals surface area contributed by atoms with Crippen molar-refractivity contribution in [1.29, 1.82) is 5.26 Å². The lowest BCUT2D eigenvalue weighted by Gasteiger charge is -2.36. The Labute approximate surface area is 180 Å². The van der Waals surface area contributed by atoms with E-state index in [-0.39, 0.29) is 29.5 Å². The number of nitriles is 1. The lowest BCUT2D eigenvalue weighted by molar-refractivity contribution is -0.140. The normalized spacial score (nSPS) is 24.3. The molecule has 2 fully saturated rings. The van der Waals surface area contributed by atoms with E-state index in [1.807, 2.05) is 11.0 Å². The van der Waals surface area contributed by atoms with Crippen LogP contribution in [0.1, 0.15) is 56.2 Å². The number of fused-ring (bicyclic) bond motifs is 3. The number of halogens is 1. The molecule has 2 atom stereocenters. The van der Waals surface area contributed by atoms with Gasteiger partial charge in [0.15, 0.2) is 0 Å². The molecule has 2 aliphatic carbocycles. The SMILES string of the molecule is N#CC1(NC(=O)C[C@H]2CCCC[C@H]2C(=O)N2CCc3[nH]c4cccc(F)c4c3C2)CC1. The highest BCUT2D eigenvalue weighted by molar-refractivity contribution is 5.87. The van der Waals surface area contributed by atoms with Gasteiger partial charge >= 0.3 is 0 Å². The number of aromatic nitrogens is 1. The highest BCUT2D eigenvalue weighted by Gasteiger charge is 2.45. The van der Waals surface area contributed by atoms with Gasteiger partial charge in [-0.1, -0.05) is 18.9 Å². The number of rotatable bonds is 4. The van der Waals surface area contributed by atoms with Crippen LogP contribution in [0.3, 0.4) is 0 Å². The summed E-state index contributed by atoms with van der Waals surface area (Å²) in [7, 11) is 0. The molecule has 2 amide bonds. The van der Waals surface area contributed by atoms with Gasteiger partial charge in [0.05, 0.1) is 6.07 Å². The average molecular weight is 423 g/mol. The first kappa shape index (κ1) is 20.0. The number of H-pyrrole nitrogens is 1. The molecule has 0 radical (unpaired) electrons. The van der Waals surface area contributed by atoms with E-state index in [0.717, 1.165) is 42.5 Å². The minimum atomic E-state index is -0.673. The molecule has 3 aliphatic rings. The van der Waals surface area contributed by atoms with Gasteiger partial charge in [-0.25, -0.2) is 4.39 Å². The zero-order chi connectivity index (χ0) is 21.6. The largest absolute Gasteiger partial charge is 0.358 e. The van der Waals surface area contributed by atoms with Crippen LogP contribution in [0.15, 0.2) is 18.2 Å². The molecule has 0 bridgehead atoms. The lowest BCUT2D eigenvalue weighted by atomic mass is 9.76. The number of amides is 2. The summed E-state index contributed by atoms with van der Waals surface area (Å²) < 4.78 is 14.5. The molecule has 2 heterocycles. The van der Waals surface area contributed by atoms with Crippen molar-refractivity contribution in [1.82, 2.24) is 15.2 Å². The van der Waals surface area contributed by atoms with Crippen LogP contribution < -0.4 is 5.32 Å². The number of hydrogen-bond acceptors (Lipinski definition) is 3. The van der Waals surface area contributed by atoms with Crippen molar-refractivity contribution in [3.8, 4) is 6.07 Å². The molecule has 1 aromatic heterocycles. The van der Waals surface area contributed by atoms with Gasteiger partial charge in [-0.05, 0) is 43.7 Å². The van der Waals surface area contributed by atoms with E-state index in [0.29, 0.717) is 44.2 Å². The Morgan fingerprint density at radius 1 is 1.29 bits per heavy atom. The summed E-state index contributed by atoms with van der Waals surface area (Å²) >= 11 is 0. The third-order valence-electron chi connectivity index (χ3n) is 7.27. The second-order valence-corrected chi connectivity index (χ2v) is 9.35. The Morgan fingerprint density at radius 3 is 2.87 bits per heavy atom. The quantitative estimate of drug-likeness (QED) is 0.790. The minimum absolute atomic E-state index is 0.00292. The maximum atomic E-state index is 14.5. The Morgan fingerprint density at radius 2 is 2.10 bits per heavy atom. The minimum Gasteiger partial charge on any atom is -0.358 e. The third kappa shape index (κ3) is 3.69. The Kier molecular flexibility index (Phi) is 4.96. The second kappa shape index (κ2) is 7.67. The summed E-state index contributed by atoms with van der Waals surface area (Å²) in [5, 5.41) is 12.7. The summed E-state index contributed by atoms with van der Waals surface area (Å²) in [5.41, 5.74) is 1.99. The molecule has 7 heteroatoms. The predicted octanol–water partition coefficient (Wildman–Crippen LogP) is 3.56. The third-order valence-corrected chi connectivity index (χ3v) is 7.27. The smallest absolute Gasteiger partial charge is 0.226 e. The predicted molar refractivity (Wildman–Crippen MR) is 113 cm³/mol. The highest BCUT2D eigenvalue weighted by Crippen LogP contribution is 2.38. The second-order valence-electron chi connectivity index (χ2n) is 9.35. The van der Waals surface area contributed by atoms with Gasteiger partial charge in [0, 0.05) is 54.0 Å². The highest BCUT2D eigenvalue weighted by atomic mass is 19.1. The molecular weight excluding hydrogens is 395 g/mol. The van der Waals surface area contributed by atoms with E-state index in [9.17, 15) is 19.2 Å². The van der Waals surface area contributed by atoms with Crippen molar-refractivity contribution in [2.24, 2.45) is 11.8 Å². The number of hydrogen-bond donors (Lipinski definition) is 2. The van der Waals surface area contributed by atoms with E-state index >= 15 is 0 Å². The number of benzene rings is 1. The van der Waals surface area contributed by atoms with E-state index in [2.05, 4.69) is 16.4 Å². The fraction of sp³-hybridized carbons (Fsp3) is 0.542. The molecule has 2 N–H and O–H groups in total. The molecule has 0 saturated heterocycles. The van der Waals surface area contributed by atoms with Crippen LogP contribution in [-0.4, -0.2) is 33.8 Å². The van der Waals surface area contributed by atoms with E-state index in [4.69, 9.17) is 0 Å². The molecule has 0 unspecified atom stereocenters. The van der Waals surface area contributed by atoms with Crippen LogP contribution in [0.4, 0.5) is 4.39 Å². The number of aromatic amines is 1. The fourth-order valence-corrected chi connectivity index (χ4v) is 5.37. The summed E-state index contributed by atoms with van der Waals surface area (Å²) in [6, 6.07) is 7.21. The molecular formula is C24H27FN4O2. The maximum absolute atomic E-state index is 14.5. The van der Waals surface area contributed by atoms with Crippen molar-refractivity contribution < 1.29 is 14.0 Å². The number of nitrogens with zero attached hydrogens (tertiary/aromatic N) is 2. The fourth-order valence-electron chi connectivity index (χ4n) is 5.37. The van der Waals surface area contributed by atoms with Gasteiger partial charge in [0.1, 0.15) is 11.4 Å². The van der Waals surface area contributed by atoms with Crippen LogP contribution in [0.2, 0.25) is 0 Å². The molecule has 0 spiro atoms. The molecule has 5 rings (SSSR count).